The summed E-state index contributed by atoms with van der Waals surface area (Å²) in [6, 6.07) is 14.3. The molecule has 132 valence electrons. The van der Waals surface area contributed by atoms with Gasteiger partial charge in [-0.25, -0.2) is 4.39 Å². The van der Waals surface area contributed by atoms with Gasteiger partial charge in [-0.15, -0.1) is 0 Å². The molecule has 0 saturated carbocycles. The first-order valence-electron chi connectivity index (χ1n) is 8.82. The molecule has 3 rings (SSSR count). The number of nitrogens with zero attached hydrogens (tertiary/aromatic N) is 1. The van der Waals surface area contributed by atoms with E-state index < -0.39 is 0 Å². The molecule has 0 aliphatic carbocycles. The molecule has 1 fully saturated rings. The van der Waals surface area contributed by atoms with Crippen LogP contribution < -0.4 is 4.74 Å². The van der Waals surface area contributed by atoms with Gasteiger partial charge in [0.15, 0.2) is 0 Å². The number of carbonyl (C=O) groups is 1. The molecule has 1 aliphatic rings. The third kappa shape index (κ3) is 5.05. The first-order chi connectivity index (χ1) is 12.1. The molecule has 0 radical (unpaired) electrons. The minimum atomic E-state index is -0.294. The summed E-state index contributed by atoms with van der Waals surface area (Å²) in [5, 5.41) is 0. The Morgan fingerprint density at radius 1 is 1.24 bits per heavy atom. The maximum atomic E-state index is 13.2. The van der Waals surface area contributed by atoms with Crippen LogP contribution in [0, 0.1) is 18.7 Å². The van der Waals surface area contributed by atoms with Crippen LogP contribution in [0.4, 0.5) is 4.39 Å². The standard InChI is InChI=1S/C21H24FNO2/c1-16-5-7-20(8-6-16)25-12-10-17-9-11-23(15-17)21(24)14-18-3-2-4-19(22)13-18/h2-8,13,17H,9-12,14-15H2,1H3. The summed E-state index contributed by atoms with van der Waals surface area (Å²) in [6.45, 7) is 4.27. The second-order valence-electron chi connectivity index (χ2n) is 6.75. The Hall–Kier alpha value is -2.36. The third-order valence-corrected chi connectivity index (χ3v) is 4.70. The van der Waals surface area contributed by atoms with Crippen molar-refractivity contribution in [2.24, 2.45) is 5.92 Å². The molecular weight excluding hydrogens is 317 g/mol. The maximum Gasteiger partial charge on any atom is 0.227 e. The van der Waals surface area contributed by atoms with E-state index in [2.05, 4.69) is 6.92 Å². The average Bonchev–Trinajstić information content (AvgIpc) is 3.06. The van der Waals surface area contributed by atoms with Gasteiger partial charge in [0.1, 0.15) is 11.6 Å². The highest BCUT2D eigenvalue weighted by Crippen LogP contribution is 2.21. The summed E-state index contributed by atoms with van der Waals surface area (Å²) in [7, 11) is 0. The van der Waals surface area contributed by atoms with Gasteiger partial charge in [0.05, 0.1) is 13.0 Å². The summed E-state index contributed by atoms with van der Waals surface area (Å²) >= 11 is 0. The molecule has 25 heavy (non-hydrogen) atoms. The molecule has 3 nitrogen and oxygen atoms in total. The number of hydrogen-bond donors (Lipinski definition) is 0. The van der Waals surface area contributed by atoms with Crippen molar-refractivity contribution >= 4 is 5.91 Å². The summed E-state index contributed by atoms with van der Waals surface area (Å²) in [5.41, 5.74) is 1.95. The zero-order chi connectivity index (χ0) is 17.6. The lowest BCUT2D eigenvalue weighted by molar-refractivity contribution is -0.129. The SMILES string of the molecule is Cc1ccc(OCCC2CCN(C(=O)Cc3cccc(F)c3)C2)cc1. The molecule has 2 aromatic rings. The van der Waals surface area contributed by atoms with E-state index in [1.165, 1.54) is 17.7 Å². The highest BCUT2D eigenvalue weighted by molar-refractivity contribution is 5.79. The molecule has 2 aromatic carbocycles. The fourth-order valence-electron chi connectivity index (χ4n) is 3.21. The lowest BCUT2D eigenvalue weighted by atomic mass is 10.1. The van der Waals surface area contributed by atoms with Crippen LogP contribution in [-0.4, -0.2) is 30.5 Å². The maximum absolute atomic E-state index is 13.2. The number of hydrogen-bond acceptors (Lipinski definition) is 2. The zero-order valence-corrected chi connectivity index (χ0v) is 14.6. The highest BCUT2D eigenvalue weighted by Gasteiger charge is 2.26. The largest absolute Gasteiger partial charge is 0.494 e. The van der Waals surface area contributed by atoms with E-state index in [1.54, 1.807) is 12.1 Å². The summed E-state index contributed by atoms with van der Waals surface area (Å²) in [4.78, 5) is 14.3. The van der Waals surface area contributed by atoms with Crippen molar-refractivity contribution in [1.29, 1.82) is 0 Å². The van der Waals surface area contributed by atoms with Gasteiger partial charge in [-0.3, -0.25) is 4.79 Å². The number of carbonyl (C=O) groups excluding carboxylic acids is 1. The van der Waals surface area contributed by atoms with Crippen LogP contribution in [0.1, 0.15) is 24.0 Å². The molecule has 0 N–H and O–H groups in total. The first-order valence-corrected chi connectivity index (χ1v) is 8.82. The van der Waals surface area contributed by atoms with Crippen molar-refractivity contribution in [3.63, 3.8) is 0 Å². The summed E-state index contributed by atoms with van der Waals surface area (Å²) in [6.07, 6.45) is 2.22. The number of likely N-dealkylation sites (tertiary alicyclic amines) is 1. The molecule has 1 unspecified atom stereocenters. The van der Waals surface area contributed by atoms with E-state index in [9.17, 15) is 9.18 Å². The number of rotatable bonds is 6. The van der Waals surface area contributed by atoms with Crippen molar-refractivity contribution in [1.82, 2.24) is 4.90 Å². The fraction of sp³-hybridized carbons (Fsp3) is 0.381. The highest BCUT2D eigenvalue weighted by atomic mass is 19.1. The minimum Gasteiger partial charge on any atom is -0.494 e. The van der Waals surface area contributed by atoms with Crippen LogP contribution in [0.15, 0.2) is 48.5 Å². The Bertz CT molecular complexity index is 714. The van der Waals surface area contributed by atoms with Crippen LogP contribution in [0.3, 0.4) is 0 Å². The first kappa shape index (κ1) is 17.5. The van der Waals surface area contributed by atoms with Gasteiger partial charge in [-0.2, -0.15) is 0 Å². The predicted molar refractivity (Wildman–Crippen MR) is 96.1 cm³/mol. The van der Waals surface area contributed by atoms with Crippen molar-refractivity contribution in [2.75, 3.05) is 19.7 Å². The Kier molecular flexibility index (Phi) is 5.69. The Labute approximate surface area is 148 Å². The molecular formula is C21H24FNO2. The quantitative estimate of drug-likeness (QED) is 0.795. The molecule has 0 aromatic heterocycles. The molecule has 1 atom stereocenters. The fourth-order valence-corrected chi connectivity index (χ4v) is 3.21. The van der Waals surface area contributed by atoms with E-state index in [0.717, 1.165) is 37.2 Å². The minimum absolute atomic E-state index is 0.0764. The molecule has 1 aliphatic heterocycles. The number of aryl methyl sites for hydroxylation is 1. The van der Waals surface area contributed by atoms with Crippen LogP contribution in [0.5, 0.6) is 5.75 Å². The van der Waals surface area contributed by atoms with Gasteiger partial charge in [0.25, 0.3) is 0 Å². The van der Waals surface area contributed by atoms with E-state index in [4.69, 9.17) is 4.74 Å². The predicted octanol–water partition coefficient (Wildman–Crippen LogP) is 3.99. The lowest BCUT2D eigenvalue weighted by Crippen LogP contribution is -2.30. The third-order valence-electron chi connectivity index (χ3n) is 4.70. The van der Waals surface area contributed by atoms with Crippen LogP contribution in [-0.2, 0) is 11.2 Å². The van der Waals surface area contributed by atoms with Crippen molar-refractivity contribution in [3.05, 3.63) is 65.5 Å². The molecule has 0 bridgehead atoms. The number of benzene rings is 2. The van der Waals surface area contributed by atoms with Crippen molar-refractivity contribution in [2.45, 2.75) is 26.2 Å². The van der Waals surface area contributed by atoms with Gasteiger partial charge in [0, 0.05) is 13.1 Å². The molecule has 1 heterocycles. The topological polar surface area (TPSA) is 29.5 Å². The number of halogens is 1. The number of amides is 1. The Morgan fingerprint density at radius 2 is 2.04 bits per heavy atom. The molecule has 1 amide bonds. The van der Waals surface area contributed by atoms with E-state index in [0.29, 0.717) is 12.5 Å². The van der Waals surface area contributed by atoms with E-state index in [-0.39, 0.29) is 18.1 Å². The van der Waals surface area contributed by atoms with Gasteiger partial charge < -0.3 is 9.64 Å². The smallest absolute Gasteiger partial charge is 0.227 e. The van der Waals surface area contributed by atoms with Gasteiger partial charge in [-0.1, -0.05) is 29.8 Å². The Balaban J connectivity index is 1.42. The van der Waals surface area contributed by atoms with Crippen molar-refractivity contribution in [3.8, 4) is 5.75 Å². The van der Waals surface area contributed by atoms with Crippen LogP contribution in [0.2, 0.25) is 0 Å². The second kappa shape index (κ2) is 8.15. The van der Waals surface area contributed by atoms with E-state index >= 15 is 0 Å². The van der Waals surface area contributed by atoms with Crippen molar-refractivity contribution < 1.29 is 13.9 Å². The molecule has 0 spiro atoms. The zero-order valence-electron chi connectivity index (χ0n) is 14.6. The van der Waals surface area contributed by atoms with Crippen LogP contribution >= 0.6 is 0 Å². The Morgan fingerprint density at radius 3 is 2.80 bits per heavy atom. The monoisotopic (exact) mass is 341 g/mol. The molecule has 1 saturated heterocycles. The van der Waals surface area contributed by atoms with E-state index in [1.807, 2.05) is 29.2 Å². The van der Waals surface area contributed by atoms with Crippen LogP contribution in [0.25, 0.3) is 0 Å². The number of ether oxygens (including phenoxy) is 1. The molecule has 4 heteroatoms. The van der Waals surface area contributed by atoms with Gasteiger partial charge >= 0.3 is 0 Å². The summed E-state index contributed by atoms with van der Waals surface area (Å²) in [5.74, 6) is 1.15. The average molecular weight is 341 g/mol. The lowest BCUT2D eigenvalue weighted by Gasteiger charge is -2.17. The van der Waals surface area contributed by atoms with Gasteiger partial charge in [-0.05, 0) is 55.5 Å². The summed E-state index contributed by atoms with van der Waals surface area (Å²) < 4.78 is 19.0. The second-order valence-corrected chi connectivity index (χ2v) is 6.75. The normalized spacial score (nSPS) is 16.9. The van der Waals surface area contributed by atoms with Gasteiger partial charge in [0.2, 0.25) is 5.91 Å².